The average molecular weight is 201 g/mol. The standard InChI is InChI=1S/C8H11NO3S/c1-2-6-3-4-7(5-8(6)9)13(10,11)12/h3-5H,2,9H2,1H3,(H,10,11,12). The molecule has 0 saturated carbocycles. The van der Waals surface area contributed by atoms with Crippen molar-refractivity contribution in [3.05, 3.63) is 23.8 Å². The molecule has 3 N–H and O–H groups in total. The quantitative estimate of drug-likeness (QED) is 0.554. The van der Waals surface area contributed by atoms with Crippen LogP contribution in [0.4, 0.5) is 5.69 Å². The SMILES string of the molecule is CCc1ccc(S(=O)(=O)O)cc1N. The second-order valence-electron chi connectivity index (χ2n) is 2.69. The Hall–Kier alpha value is -1.07. The Kier molecular flexibility index (Phi) is 2.58. The summed E-state index contributed by atoms with van der Waals surface area (Å²) in [7, 11) is -4.13. The Morgan fingerprint density at radius 2 is 2.08 bits per heavy atom. The van der Waals surface area contributed by atoms with Gasteiger partial charge in [0.05, 0.1) is 4.90 Å². The fraction of sp³-hybridized carbons (Fsp3) is 0.250. The van der Waals surface area contributed by atoms with E-state index in [9.17, 15) is 8.42 Å². The first-order valence-corrected chi connectivity index (χ1v) is 5.25. The molecule has 4 nitrogen and oxygen atoms in total. The third-order valence-electron chi connectivity index (χ3n) is 1.80. The van der Waals surface area contributed by atoms with Gasteiger partial charge >= 0.3 is 0 Å². The van der Waals surface area contributed by atoms with Crippen LogP contribution in [0.1, 0.15) is 12.5 Å². The fourth-order valence-electron chi connectivity index (χ4n) is 1.06. The molecule has 0 amide bonds. The molecular formula is C8H11NO3S. The Labute approximate surface area is 77.1 Å². The molecule has 0 aliphatic rings. The van der Waals surface area contributed by atoms with Gasteiger partial charge in [-0.25, -0.2) is 0 Å². The molecule has 0 aliphatic carbocycles. The highest BCUT2D eigenvalue weighted by molar-refractivity contribution is 7.85. The highest BCUT2D eigenvalue weighted by atomic mass is 32.2. The topological polar surface area (TPSA) is 80.4 Å². The van der Waals surface area contributed by atoms with Gasteiger partial charge in [-0.1, -0.05) is 13.0 Å². The van der Waals surface area contributed by atoms with Gasteiger partial charge < -0.3 is 5.73 Å². The molecule has 72 valence electrons. The molecule has 0 fully saturated rings. The summed E-state index contributed by atoms with van der Waals surface area (Å²) >= 11 is 0. The molecule has 0 bridgehead atoms. The molecule has 0 unspecified atom stereocenters. The van der Waals surface area contributed by atoms with Crippen LogP contribution in [0.2, 0.25) is 0 Å². The van der Waals surface area contributed by atoms with E-state index in [1.54, 1.807) is 6.07 Å². The van der Waals surface area contributed by atoms with Gasteiger partial charge in [0.2, 0.25) is 0 Å². The van der Waals surface area contributed by atoms with E-state index in [1.807, 2.05) is 6.92 Å². The van der Waals surface area contributed by atoms with Crippen LogP contribution >= 0.6 is 0 Å². The van der Waals surface area contributed by atoms with E-state index in [4.69, 9.17) is 10.3 Å². The average Bonchev–Trinajstić information content (AvgIpc) is 2.02. The van der Waals surface area contributed by atoms with Gasteiger partial charge in [0.15, 0.2) is 0 Å². The van der Waals surface area contributed by atoms with Crippen molar-refractivity contribution >= 4 is 15.8 Å². The van der Waals surface area contributed by atoms with Crippen LogP contribution in [0.25, 0.3) is 0 Å². The maximum Gasteiger partial charge on any atom is 0.294 e. The van der Waals surface area contributed by atoms with Gasteiger partial charge in [-0.3, -0.25) is 4.55 Å². The van der Waals surface area contributed by atoms with Crippen molar-refractivity contribution in [1.82, 2.24) is 0 Å². The number of aryl methyl sites for hydroxylation is 1. The minimum Gasteiger partial charge on any atom is -0.398 e. The third-order valence-corrected chi connectivity index (χ3v) is 2.65. The van der Waals surface area contributed by atoms with Crippen LogP contribution in [0.5, 0.6) is 0 Å². The highest BCUT2D eigenvalue weighted by Crippen LogP contribution is 2.17. The number of rotatable bonds is 2. The number of hydrogen-bond acceptors (Lipinski definition) is 3. The first kappa shape index (κ1) is 10.0. The second kappa shape index (κ2) is 3.35. The third kappa shape index (κ3) is 2.19. The number of anilines is 1. The molecule has 0 heterocycles. The number of benzene rings is 1. The lowest BCUT2D eigenvalue weighted by Crippen LogP contribution is -2.01. The summed E-state index contributed by atoms with van der Waals surface area (Å²) in [6.07, 6.45) is 0.734. The molecule has 1 aromatic rings. The molecule has 0 atom stereocenters. The number of nitrogen functional groups attached to an aromatic ring is 1. The maximum atomic E-state index is 10.7. The molecule has 0 spiro atoms. The van der Waals surface area contributed by atoms with Gasteiger partial charge in [0, 0.05) is 5.69 Å². The lowest BCUT2D eigenvalue weighted by molar-refractivity contribution is 0.483. The molecule has 13 heavy (non-hydrogen) atoms. The Balaban J connectivity index is 3.26. The molecule has 0 aliphatic heterocycles. The van der Waals surface area contributed by atoms with Crippen molar-refractivity contribution in [2.75, 3.05) is 5.73 Å². The normalized spacial score (nSPS) is 11.5. The van der Waals surface area contributed by atoms with Gasteiger partial charge in [-0.15, -0.1) is 0 Å². The minimum absolute atomic E-state index is 0.165. The summed E-state index contributed by atoms with van der Waals surface area (Å²) in [5.74, 6) is 0. The lowest BCUT2D eigenvalue weighted by atomic mass is 10.1. The van der Waals surface area contributed by atoms with Crippen LogP contribution in [0, 0.1) is 0 Å². The molecule has 1 rings (SSSR count). The van der Waals surface area contributed by atoms with E-state index in [0.717, 1.165) is 12.0 Å². The summed E-state index contributed by atoms with van der Waals surface area (Å²) in [5, 5.41) is 0. The van der Waals surface area contributed by atoms with E-state index >= 15 is 0 Å². The Morgan fingerprint density at radius 3 is 2.46 bits per heavy atom. The van der Waals surface area contributed by atoms with E-state index in [0.29, 0.717) is 5.69 Å². The van der Waals surface area contributed by atoms with Crippen LogP contribution in [-0.4, -0.2) is 13.0 Å². The zero-order chi connectivity index (χ0) is 10.1. The van der Waals surface area contributed by atoms with E-state index < -0.39 is 10.1 Å². The largest absolute Gasteiger partial charge is 0.398 e. The Bertz CT molecular complexity index is 411. The van der Waals surface area contributed by atoms with Crippen LogP contribution < -0.4 is 5.73 Å². The maximum absolute atomic E-state index is 10.7. The molecular weight excluding hydrogens is 190 g/mol. The van der Waals surface area contributed by atoms with E-state index in [1.165, 1.54) is 12.1 Å². The van der Waals surface area contributed by atoms with Crippen LogP contribution in [0.3, 0.4) is 0 Å². The van der Waals surface area contributed by atoms with Gasteiger partial charge in [0.1, 0.15) is 0 Å². The van der Waals surface area contributed by atoms with Gasteiger partial charge in [-0.2, -0.15) is 8.42 Å². The fourth-order valence-corrected chi connectivity index (χ4v) is 1.57. The molecule has 0 aromatic heterocycles. The molecule has 0 radical (unpaired) electrons. The van der Waals surface area contributed by atoms with Gasteiger partial charge in [-0.05, 0) is 24.1 Å². The molecule has 5 heteroatoms. The van der Waals surface area contributed by atoms with Crippen molar-refractivity contribution in [2.45, 2.75) is 18.2 Å². The zero-order valence-electron chi connectivity index (χ0n) is 7.19. The summed E-state index contributed by atoms with van der Waals surface area (Å²) < 4.78 is 30.1. The predicted octanol–water partition coefficient (Wildman–Crippen LogP) is 1.08. The van der Waals surface area contributed by atoms with Crippen LogP contribution in [0.15, 0.2) is 23.1 Å². The van der Waals surface area contributed by atoms with Gasteiger partial charge in [0.25, 0.3) is 10.1 Å². The lowest BCUT2D eigenvalue weighted by Gasteiger charge is -2.03. The number of hydrogen-bond donors (Lipinski definition) is 2. The van der Waals surface area contributed by atoms with E-state index in [2.05, 4.69) is 0 Å². The summed E-state index contributed by atoms with van der Waals surface area (Å²) in [6, 6.07) is 4.19. The molecule has 0 saturated heterocycles. The first-order valence-electron chi connectivity index (χ1n) is 3.81. The monoisotopic (exact) mass is 201 g/mol. The summed E-state index contributed by atoms with van der Waals surface area (Å²) in [6.45, 7) is 1.92. The van der Waals surface area contributed by atoms with Crippen molar-refractivity contribution < 1.29 is 13.0 Å². The van der Waals surface area contributed by atoms with Crippen molar-refractivity contribution in [1.29, 1.82) is 0 Å². The number of nitrogens with two attached hydrogens (primary N) is 1. The second-order valence-corrected chi connectivity index (χ2v) is 4.11. The smallest absolute Gasteiger partial charge is 0.294 e. The van der Waals surface area contributed by atoms with Crippen LogP contribution in [-0.2, 0) is 16.5 Å². The minimum atomic E-state index is -4.13. The van der Waals surface area contributed by atoms with Crippen molar-refractivity contribution in [2.24, 2.45) is 0 Å². The zero-order valence-corrected chi connectivity index (χ0v) is 8.00. The van der Waals surface area contributed by atoms with Crippen molar-refractivity contribution in [3.8, 4) is 0 Å². The predicted molar refractivity (Wildman–Crippen MR) is 50.0 cm³/mol. The first-order chi connectivity index (χ1) is 5.95. The molecule has 1 aromatic carbocycles. The van der Waals surface area contributed by atoms with Crippen molar-refractivity contribution in [3.63, 3.8) is 0 Å². The van der Waals surface area contributed by atoms with E-state index in [-0.39, 0.29) is 4.90 Å². The Morgan fingerprint density at radius 1 is 1.46 bits per heavy atom. The highest BCUT2D eigenvalue weighted by Gasteiger charge is 2.10. The summed E-state index contributed by atoms with van der Waals surface area (Å²) in [4.78, 5) is -0.165. The summed E-state index contributed by atoms with van der Waals surface area (Å²) in [5.41, 5.74) is 6.81.